The largest absolute Gasteiger partial charge is 0.481 e. The van der Waals surface area contributed by atoms with E-state index in [2.05, 4.69) is 4.72 Å². The third kappa shape index (κ3) is 3.86. The lowest BCUT2D eigenvalue weighted by Crippen LogP contribution is -2.39. The van der Waals surface area contributed by atoms with Gasteiger partial charge >= 0.3 is 5.97 Å². The van der Waals surface area contributed by atoms with E-state index in [0.717, 1.165) is 11.8 Å². The molecule has 0 saturated heterocycles. The number of nitrogens with one attached hydrogen (secondary N) is 1. The van der Waals surface area contributed by atoms with E-state index < -0.39 is 21.4 Å². The summed E-state index contributed by atoms with van der Waals surface area (Å²) in [5.41, 5.74) is 0.736. The first-order valence-corrected chi connectivity index (χ1v) is 11.0. The molecule has 0 aliphatic rings. The molecule has 0 fully saturated rings. The van der Waals surface area contributed by atoms with Crippen LogP contribution in [0, 0.1) is 0 Å². The number of hydrogen-bond acceptors (Lipinski definition) is 3. The van der Waals surface area contributed by atoms with Crippen molar-refractivity contribution >= 4 is 44.2 Å². The van der Waals surface area contributed by atoms with E-state index in [9.17, 15) is 18.3 Å². The number of carbonyl (C=O) groups is 1. The van der Waals surface area contributed by atoms with Crippen molar-refractivity contribution in [3.05, 3.63) is 65.3 Å². The molecule has 8 heteroatoms. The Labute approximate surface area is 168 Å². The molecule has 0 saturated carbocycles. The Bertz CT molecular complexity index is 1120. The van der Waals surface area contributed by atoms with E-state index >= 15 is 0 Å². The highest BCUT2D eigenvalue weighted by Crippen LogP contribution is 2.34. The zero-order chi connectivity index (χ0) is 20.5. The normalized spacial score (nSPS) is 14.0. The molecular formula is C20H21ClN2O4S. The minimum absolute atomic E-state index is 0.201. The van der Waals surface area contributed by atoms with Crippen LogP contribution in [0.25, 0.3) is 10.9 Å². The van der Waals surface area contributed by atoms with Crippen molar-refractivity contribution in [3.8, 4) is 0 Å². The van der Waals surface area contributed by atoms with Crippen LogP contribution in [0.1, 0.15) is 18.9 Å². The molecule has 1 atom stereocenters. The molecule has 1 heterocycles. The standard InChI is InChI=1S/C20H21ClN2O4S/c1-3-20(19(24)25,14-7-9-15(21)10-8-14)13-23-12-11-16-17(22-28(2,26)27)5-4-6-18(16)23/h4-12,22H,3,13H2,1-2H3,(H,24,25)/t20-/m0/s1. The number of aromatic nitrogens is 1. The van der Waals surface area contributed by atoms with Gasteiger partial charge in [-0.3, -0.25) is 9.52 Å². The summed E-state index contributed by atoms with van der Waals surface area (Å²) in [7, 11) is -3.43. The molecule has 0 unspecified atom stereocenters. The van der Waals surface area contributed by atoms with E-state index in [1.165, 1.54) is 0 Å². The van der Waals surface area contributed by atoms with E-state index in [1.54, 1.807) is 48.7 Å². The van der Waals surface area contributed by atoms with Crippen LogP contribution in [-0.4, -0.2) is 30.3 Å². The van der Waals surface area contributed by atoms with Gasteiger partial charge in [-0.2, -0.15) is 0 Å². The zero-order valence-electron chi connectivity index (χ0n) is 15.5. The number of rotatable bonds is 7. The second kappa shape index (κ2) is 7.48. The number of carboxylic acids is 1. The van der Waals surface area contributed by atoms with Crippen LogP contribution in [0.5, 0.6) is 0 Å². The molecule has 0 radical (unpaired) electrons. The lowest BCUT2D eigenvalue weighted by Gasteiger charge is -2.30. The first kappa shape index (κ1) is 20.2. The van der Waals surface area contributed by atoms with Crippen molar-refractivity contribution < 1.29 is 18.3 Å². The van der Waals surface area contributed by atoms with E-state index in [1.807, 2.05) is 17.6 Å². The number of hydrogen-bond donors (Lipinski definition) is 2. The van der Waals surface area contributed by atoms with Crippen molar-refractivity contribution in [1.82, 2.24) is 4.57 Å². The van der Waals surface area contributed by atoms with E-state index in [4.69, 9.17) is 11.6 Å². The molecule has 0 amide bonds. The number of aliphatic carboxylic acids is 1. The Morgan fingerprint density at radius 1 is 1.18 bits per heavy atom. The van der Waals surface area contributed by atoms with Gasteiger partial charge in [0, 0.05) is 23.2 Å². The van der Waals surface area contributed by atoms with Crippen LogP contribution >= 0.6 is 11.6 Å². The average molecular weight is 421 g/mol. The maximum Gasteiger partial charge on any atom is 0.315 e. The van der Waals surface area contributed by atoms with Gasteiger partial charge in [0.05, 0.1) is 17.5 Å². The van der Waals surface area contributed by atoms with Gasteiger partial charge in [0.15, 0.2) is 0 Å². The fraction of sp³-hybridized carbons (Fsp3) is 0.250. The molecule has 28 heavy (non-hydrogen) atoms. The minimum atomic E-state index is -3.43. The van der Waals surface area contributed by atoms with Crippen molar-refractivity contribution in [2.75, 3.05) is 11.0 Å². The number of anilines is 1. The number of fused-ring (bicyclic) bond motifs is 1. The van der Waals surface area contributed by atoms with Crippen molar-refractivity contribution in [3.63, 3.8) is 0 Å². The second-order valence-electron chi connectivity index (χ2n) is 6.80. The van der Waals surface area contributed by atoms with Crippen LogP contribution in [0.2, 0.25) is 5.02 Å². The number of halogens is 1. The van der Waals surface area contributed by atoms with Gasteiger partial charge in [0.1, 0.15) is 5.41 Å². The quantitative estimate of drug-likeness (QED) is 0.602. The maximum absolute atomic E-state index is 12.3. The molecule has 6 nitrogen and oxygen atoms in total. The lowest BCUT2D eigenvalue weighted by molar-refractivity contribution is -0.144. The van der Waals surface area contributed by atoms with Crippen LogP contribution in [0.15, 0.2) is 54.7 Å². The average Bonchev–Trinajstić information content (AvgIpc) is 3.03. The number of nitrogens with zero attached hydrogens (tertiary/aromatic N) is 1. The highest BCUT2D eigenvalue weighted by atomic mass is 35.5. The summed E-state index contributed by atoms with van der Waals surface area (Å²) >= 11 is 5.97. The third-order valence-electron chi connectivity index (χ3n) is 4.96. The van der Waals surface area contributed by atoms with E-state index in [-0.39, 0.29) is 6.54 Å². The summed E-state index contributed by atoms with van der Waals surface area (Å²) in [6, 6.07) is 13.9. The predicted molar refractivity (Wildman–Crippen MR) is 111 cm³/mol. The summed E-state index contributed by atoms with van der Waals surface area (Å²) in [4.78, 5) is 12.3. The number of sulfonamides is 1. The Balaban J connectivity index is 2.09. The van der Waals surface area contributed by atoms with Gasteiger partial charge in [-0.1, -0.05) is 36.7 Å². The molecule has 3 rings (SSSR count). The summed E-state index contributed by atoms with van der Waals surface area (Å²) in [5, 5.41) is 11.3. The van der Waals surface area contributed by atoms with Crippen LogP contribution in [0.4, 0.5) is 5.69 Å². The van der Waals surface area contributed by atoms with Crippen LogP contribution < -0.4 is 4.72 Å². The third-order valence-corrected chi connectivity index (χ3v) is 5.80. The molecule has 0 spiro atoms. The highest BCUT2D eigenvalue weighted by Gasteiger charge is 2.39. The Kier molecular flexibility index (Phi) is 5.41. The molecule has 0 aliphatic carbocycles. The topological polar surface area (TPSA) is 88.4 Å². The summed E-state index contributed by atoms with van der Waals surface area (Å²) < 4.78 is 27.6. The van der Waals surface area contributed by atoms with Gasteiger partial charge < -0.3 is 9.67 Å². The van der Waals surface area contributed by atoms with Gasteiger partial charge in [0.25, 0.3) is 0 Å². The van der Waals surface area contributed by atoms with Crippen molar-refractivity contribution in [2.24, 2.45) is 0 Å². The molecule has 0 bridgehead atoms. The van der Waals surface area contributed by atoms with Gasteiger partial charge in [0.2, 0.25) is 10.0 Å². The predicted octanol–water partition coefficient (Wildman–Crippen LogP) is 4.10. The number of carboxylic acid groups (broad SMARTS) is 1. The molecule has 2 aromatic carbocycles. The van der Waals surface area contributed by atoms with Crippen LogP contribution in [0.3, 0.4) is 0 Å². The van der Waals surface area contributed by atoms with Gasteiger partial charge in [-0.25, -0.2) is 8.42 Å². The summed E-state index contributed by atoms with van der Waals surface area (Å²) in [6.45, 7) is 2.04. The van der Waals surface area contributed by atoms with Crippen molar-refractivity contribution in [2.45, 2.75) is 25.3 Å². The first-order chi connectivity index (χ1) is 13.2. The molecule has 2 N–H and O–H groups in total. The minimum Gasteiger partial charge on any atom is -0.481 e. The fourth-order valence-electron chi connectivity index (χ4n) is 3.46. The smallest absolute Gasteiger partial charge is 0.315 e. The first-order valence-electron chi connectivity index (χ1n) is 8.71. The SMILES string of the molecule is CC[C@@](Cn1ccc2c(NS(C)(=O)=O)cccc21)(C(=O)O)c1ccc(Cl)cc1. The zero-order valence-corrected chi connectivity index (χ0v) is 17.1. The molecule has 1 aromatic heterocycles. The summed E-state index contributed by atoms with van der Waals surface area (Å²) in [6.07, 6.45) is 3.25. The van der Waals surface area contributed by atoms with E-state index in [0.29, 0.717) is 28.1 Å². The second-order valence-corrected chi connectivity index (χ2v) is 8.99. The molecule has 0 aliphatic heterocycles. The molecule has 3 aromatic rings. The monoisotopic (exact) mass is 420 g/mol. The van der Waals surface area contributed by atoms with Crippen LogP contribution in [-0.2, 0) is 26.8 Å². The summed E-state index contributed by atoms with van der Waals surface area (Å²) in [5.74, 6) is -0.926. The van der Waals surface area contributed by atoms with Gasteiger partial charge in [-0.05, 0) is 42.3 Å². The highest BCUT2D eigenvalue weighted by molar-refractivity contribution is 7.92. The Morgan fingerprint density at radius 2 is 1.86 bits per heavy atom. The Morgan fingerprint density at radius 3 is 2.43 bits per heavy atom. The Hall–Kier alpha value is -2.51. The maximum atomic E-state index is 12.3. The molecular weight excluding hydrogens is 400 g/mol. The number of benzene rings is 2. The fourth-order valence-corrected chi connectivity index (χ4v) is 4.16. The lowest BCUT2D eigenvalue weighted by atomic mass is 9.78. The van der Waals surface area contributed by atoms with Gasteiger partial charge in [-0.15, -0.1) is 0 Å². The van der Waals surface area contributed by atoms with Crippen molar-refractivity contribution in [1.29, 1.82) is 0 Å². The molecule has 148 valence electrons.